The van der Waals surface area contributed by atoms with Crippen LogP contribution in [0.2, 0.25) is 0 Å². The van der Waals surface area contributed by atoms with Gasteiger partial charge in [-0.05, 0) is 25.7 Å². The van der Waals surface area contributed by atoms with Crippen LogP contribution < -0.4 is 11.3 Å². The van der Waals surface area contributed by atoms with Crippen LogP contribution in [0.4, 0.5) is 0 Å². The molecule has 0 aromatic carbocycles. The zero-order valence-corrected chi connectivity index (χ0v) is 11.0. The summed E-state index contributed by atoms with van der Waals surface area (Å²) in [5.74, 6) is 7.39. The van der Waals surface area contributed by atoms with Crippen LogP contribution in [0.15, 0.2) is 4.99 Å². The van der Waals surface area contributed by atoms with E-state index < -0.39 is 0 Å². The number of nitrogens with zero attached hydrogens (tertiary/aromatic N) is 1. The van der Waals surface area contributed by atoms with Crippen molar-refractivity contribution in [1.82, 2.24) is 5.43 Å². The number of aliphatic imine (C=N–C) groups is 1. The van der Waals surface area contributed by atoms with Crippen LogP contribution in [0.5, 0.6) is 0 Å². The first kappa shape index (κ1) is 12.9. The summed E-state index contributed by atoms with van der Waals surface area (Å²) in [5.41, 5.74) is 2.90. The lowest BCUT2D eigenvalue weighted by Gasteiger charge is -2.22. The van der Waals surface area contributed by atoms with Crippen LogP contribution in [0.3, 0.4) is 0 Å². The summed E-state index contributed by atoms with van der Waals surface area (Å²) in [6.45, 7) is 0. The number of hydrazine groups is 1. The van der Waals surface area contributed by atoms with Crippen LogP contribution >= 0.6 is 0 Å². The quantitative estimate of drug-likeness (QED) is 0.335. The Morgan fingerprint density at radius 2 is 1.35 bits per heavy atom. The fourth-order valence-corrected chi connectivity index (χ4v) is 3.22. The fraction of sp³-hybridized carbons (Fsp3) is 0.929. The van der Waals surface area contributed by atoms with Gasteiger partial charge in [0.2, 0.25) is 0 Å². The van der Waals surface area contributed by atoms with E-state index in [4.69, 9.17) is 10.8 Å². The molecule has 98 valence electrons. The standard InChI is InChI=1S/C14H27N3/c15-17-14(16-13-10-6-7-11-13)12-8-4-2-1-3-5-9-12/h12-13H,1-11,15H2,(H,16,17). The molecule has 3 N–H and O–H groups in total. The number of amidine groups is 1. The molecule has 0 atom stereocenters. The molecule has 0 aromatic heterocycles. The highest BCUT2D eigenvalue weighted by molar-refractivity contribution is 5.84. The summed E-state index contributed by atoms with van der Waals surface area (Å²) < 4.78 is 0. The minimum absolute atomic E-state index is 0.548. The van der Waals surface area contributed by atoms with Gasteiger partial charge in [-0.2, -0.15) is 0 Å². The fourth-order valence-electron chi connectivity index (χ4n) is 3.22. The van der Waals surface area contributed by atoms with Gasteiger partial charge in [-0.15, -0.1) is 0 Å². The second-order valence-corrected chi connectivity index (χ2v) is 5.64. The van der Waals surface area contributed by atoms with E-state index in [2.05, 4.69) is 5.43 Å². The van der Waals surface area contributed by atoms with E-state index in [1.165, 1.54) is 70.6 Å². The highest BCUT2D eigenvalue weighted by atomic mass is 15.3. The molecular formula is C14H27N3. The third-order valence-corrected chi connectivity index (χ3v) is 4.29. The molecule has 0 saturated heterocycles. The Labute approximate surface area is 105 Å². The second kappa shape index (κ2) is 7.00. The van der Waals surface area contributed by atoms with E-state index in [0.717, 1.165) is 5.84 Å². The molecule has 0 radical (unpaired) electrons. The number of hydrogen-bond donors (Lipinski definition) is 2. The molecule has 17 heavy (non-hydrogen) atoms. The van der Waals surface area contributed by atoms with Crippen molar-refractivity contribution < 1.29 is 0 Å². The van der Waals surface area contributed by atoms with E-state index in [1.54, 1.807) is 0 Å². The molecule has 2 rings (SSSR count). The van der Waals surface area contributed by atoms with Crippen LogP contribution in [-0.4, -0.2) is 11.9 Å². The Balaban J connectivity index is 1.94. The lowest BCUT2D eigenvalue weighted by atomic mass is 9.90. The highest BCUT2D eigenvalue weighted by Crippen LogP contribution is 2.25. The van der Waals surface area contributed by atoms with Gasteiger partial charge in [0.1, 0.15) is 5.84 Å². The number of rotatable bonds is 2. The monoisotopic (exact) mass is 237 g/mol. The molecule has 2 aliphatic rings. The van der Waals surface area contributed by atoms with Crippen molar-refractivity contribution in [2.24, 2.45) is 16.8 Å². The zero-order valence-electron chi connectivity index (χ0n) is 11.0. The number of nitrogens with two attached hydrogens (primary N) is 1. The summed E-state index contributed by atoms with van der Waals surface area (Å²) in [6.07, 6.45) is 14.6. The second-order valence-electron chi connectivity index (χ2n) is 5.64. The summed E-state index contributed by atoms with van der Waals surface area (Å²) >= 11 is 0. The van der Waals surface area contributed by atoms with Crippen molar-refractivity contribution >= 4 is 5.84 Å². The van der Waals surface area contributed by atoms with E-state index in [9.17, 15) is 0 Å². The van der Waals surface area contributed by atoms with Gasteiger partial charge in [-0.25, -0.2) is 5.84 Å². The van der Waals surface area contributed by atoms with Crippen LogP contribution in [0, 0.1) is 5.92 Å². The van der Waals surface area contributed by atoms with Gasteiger partial charge in [-0.3, -0.25) is 4.99 Å². The van der Waals surface area contributed by atoms with Gasteiger partial charge < -0.3 is 5.43 Å². The van der Waals surface area contributed by atoms with Crippen molar-refractivity contribution in [3.8, 4) is 0 Å². The minimum atomic E-state index is 0.548. The molecule has 0 aromatic rings. The highest BCUT2D eigenvalue weighted by Gasteiger charge is 2.20. The largest absolute Gasteiger partial charge is 0.312 e. The third kappa shape index (κ3) is 3.98. The zero-order chi connectivity index (χ0) is 11.9. The van der Waals surface area contributed by atoms with E-state index >= 15 is 0 Å². The SMILES string of the molecule is NNC(=NC1CCCC1)C1CCCCCCC1. The molecule has 3 heteroatoms. The maximum absolute atomic E-state index is 5.69. The first-order chi connectivity index (χ1) is 8.40. The molecule has 2 aliphatic carbocycles. The van der Waals surface area contributed by atoms with Crippen molar-refractivity contribution in [3.05, 3.63) is 0 Å². The van der Waals surface area contributed by atoms with Crippen molar-refractivity contribution in [1.29, 1.82) is 0 Å². The third-order valence-electron chi connectivity index (χ3n) is 4.29. The van der Waals surface area contributed by atoms with Crippen molar-refractivity contribution in [3.63, 3.8) is 0 Å². The molecule has 3 nitrogen and oxygen atoms in total. The van der Waals surface area contributed by atoms with Crippen LogP contribution in [0.25, 0.3) is 0 Å². The Hall–Kier alpha value is -0.570. The molecule has 0 unspecified atom stereocenters. The van der Waals surface area contributed by atoms with E-state index in [1.807, 2.05) is 0 Å². The summed E-state index contributed by atoms with van der Waals surface area (Å²) in [4.78, 5) is 4.87. The van der Waals surface area contributed by atoms with Gasteiger partial charge in [0.15, 0.2) is 0 Å². The van der Waals surface area contributed by atoms with Gasteiger partial charge in [0, 0.05) is 5.92 Å². The smallest absolute Gasteiger partial charge is 0.114 e. The van der Waals surface area contributed by atoms with Gasteiger partial charge in [0.05, 0.1) is 6.04 Å². The molecular weight excluding hydrogens is 210 g/mol. The van der Waals surface area contributed by atoms with Gasteiger partial charge in [-0.1, -0.05) is 44.9 Å². The molecule has 2 fully saturated rings. The molecule has 0 aliphatic heterocycles. The maximum Gasteiger partial charge on any atom is 0.114 e. The Bertz CT molecular complexity index is 236. The minimum Gasteiger partial charge on any atom is -0.312 e. The van der Waals surface area contributed by atoms with Gasteiger partial charge in [0.25, 0.3) is 0 Å². The lowest BCUT2D eigenvalue weighted by molar-refractivity contribution is 0.443. The summed E-state index contributed by atoms with van der Waals surface area (Å²) in [6, 6.07) is 0.548. The molecule has 0 spiro atoms. The number of nitrogens with one attached hydrogen (secondary N) is 1. The molecule has 0 bridgehead atoms. The van der Waals surface area contributed by atoms with E-state index in [-0.39, 0.29) is 0 Å². The molecule has 0 heterocycles. The first-order valence-electron chi connectivity index (χ1n) is 7.44. The van der Waals surface area contributed by atoms with Crippen LogP contribution in [0.1, 0.15) is 70.6 Å². The topological polar surface area (TPSA) is 50.4 Å². The van der Waals surface area contributed by atoms with Gasteiger partial charge >= 0.3 is 0 Å². The first-order valence-corrected chi connectivity index (χ1v) is 7.44. The molecule has 0 amide bonds. The van der Waals surface area contributed by atoms with Crippen LogP contribution in [-0.2, 0) is 0 Å². The molecule has 2 saturated carbocycles. The predicted octanol–water partition coefficient (Wildman–Crippen LogP) is 3.15. The van der Waals surface area contributed by atoms with Crippen molar-refractivity contribution in [2.75, 3.05) is 0 Å². The average molecular weight is 237 g/mol. The normalized spacial score (nSPS) is 25.6. The van der Waals surface area contributed by atoms with Crippen molar-refractivity contribution in [2.45, 2.75) is 76.7 Å². The summed E-state index contributed by atoms with van der Waals surface area (Å²) in [7, 11) is 0. The maximum atomic E-state index is 5.69. The summed E-state index contributed by atoms with van der Waals surface area (Å²) in [5, 5.41) is 0. The predicted molar refractivity (Wildman–Crippen MR) is 72.8 cm³/mol. The van der Waals surface area contributed by atoms with E-state index in [0.29, 0.717) is 12.0 Å². The lowest BCUT2D eigenvalue weighted by Crippen LogP contribution is -2.37. The Morgan fingerprint density at radius 3 is 1.94 bits per heavy atom. The Kier molecular flexibility index (Phi) is 5.30. The Morgan fingerprint density at radius 1 is 0.824 bits per heavy atom. The number of hydrogen-bond acceptors (Lipinski definition) is 2. The average Bonchev–Trinajstić information content (AvgIpc) is 2.79.